The second-order valence-electron chi connectivity index (χ2n) is 5.25. The minimum Gasteiger partial charge on any atom is -0.496 e. The first-order valence-electron chi connectivity index (χ1n) is 7.57. The zero-order valence-corrected chi connectivity index (χ0v) is 13.8. The van der Waals surface area contributed by atoms with Gasteiger partial charge in [0.05, 0.1) is 24.6 Å². The normalized spacial score (nSPS) is 10.2. The van der Waals surface area contributed by atoms with Gasteiger partial charge in [0, 0.05) is 5.56 Å². The van der Waals surface area contributed by atoms with Gasteiger partial charge < -0.3 is 14.6 Å². The summed E-state index contributed by atoms with van der Waals surface area (Å²) in [7, 11) is 1.58. The SMILES string of the molecule is COc1ccccc1COc1ccc(-n2cc(C(=O)O)nn2)cc1C#N. The largest absolute Gasteiger partial charge is 0.496 e. The lowest BCUT2D eigenvalue weighted by molar-refractivity contribution is 0.0690. The van der Waals surface area contributed by atoms with Gasteiger partial charge in [-0.05, 0) is 24.3 Å². The van der Waals surface area contributed by atoms with E-state index in [4.69, 9.17) is 14.6 Å². The van der Waals surface area contributed by atoms with Crippen molar-refractivity contribution in [3.8, 4) is 23.3 Å². The minimum atomic E-state index is -1.17. The first kappa shape index (κ1) is 17.0. The van der Waals surface area contributed by atoms with Crippen molar-refractivity contribution in [2.24, 2.45) is 0 Å². The van der Waals surface area contributed by atoms with Crippen LogP contribution in [0.4, 0.5) is 0 Å². The number of carbonyl (C=O) groups is 1. The van der Waals surface area contributed by atoms with Gasteiger partial charge in [-0.15, -0.1) is 5.10 Å². The third-order valence-electron chi connectivity index (χ3n) is 3.64. The van der Waals surface area contributed by atoms with Crippen LogP contribution in [-0.4, -0.2) is 33.2 Å². The number of aromatic nitrogens is 3. The molecule has 0 unspecified atom stereocenters. The van der Waals surface area contributed by atoms with E-state index in [9.17, 15) is 10.1 Å². The van der Waals surface area contributed by atoms with Crippen LogP contribution >= 0.6 is 0 Å². The van der Waals surface area contributed by atoms with Crippen molar-refractivity contribution >= 4 is 5.97 Å². The predicted octanol–water partition coefficient (Wildman–Crippen LogP) is 2.42. The number of rotatable bonds is 6. The van der Waals surface area contributed by atoms with E-state index in [0.717, 1.165) is 5.56 Å². The number of ether oxygens (including phenoxy) is 2. The fourth-order valence-corrected chi connectivity index (χ4v) is 2.34. The molecule has 0 aliphatic carbocycles. The number of carboxylic acids is 1. The van der Waals surface area contributed by atoms with Crippen LogP contribution in [0.1, 0.15) is 21.6 Å². The highest BCUT2D eigenvalue weighted by molar-refractivity contribution is 5.84. The van der Waals surface area contributed by atoms with Gasteiger partial charge in [-0.1, -0.05) is 23.4 Å². The van der Waals surface area contributed by atoms with E-state index in [1.54, 1.807) is 25.3 Å². The average Bonchev–Trinajstić information content (AvgIpc) is 3.17. The smallest absolute Gasteiger partial charge is 0.358 e. The van der Waals surface area contributed by atoms with Crippen molar-refractivity contribution in [3.63, 3.8) is 0 Å². The molecule has 130 valence electrons. The van der Waals surface area contributed by atoms with Gasteiger partial charge in [0.15, 0.2) is 5.69 Å². The summed E-state index contributed by atoms with van der Waals surface area (Å²) in [6, 6.07) is 14.4. The Morgan fingerprint density at radius 1 is 1.27 bits per heavy atom. The maximum Gasteiger partial charge on any atom is 0.358 e. The maximum absolute atomic E-state index is 10.9. The third-order valence-corrected chi connectivity index (χ3v) is 3.64. The second-order valence-corrected chi connectivity index (χ2v) is 5.25. The van der Waals surface area contributed by atoms with E-state index in [-0.39, 0.29) is 12.3 Å². The Bertz CT molecular complexity index is 991. The second kappa shape index (κ2) is 7.36. The maximum atomic E-state index is 10.9. The van der Waals surface area contributed by atoms with E-state index < -0.39 is 5.97 Å². The molecule has 2 aromatic carbocycles. The molecule has 8 nitrogen and oxygen atoms in total. The summed E-state index contributed by atoms with van der Waals surface area (Å²) in [5.41, 5.74) is 1.47. The number of aromatic carboxylic acids is 1. The fraction of sp³-hybridized carbons (Fsp3) is 0.111. The number of para-hydroxylation sites is 1. The molecule has 1 aromatic heterocycles. The van der Waals surface area contributed by atoms with Gasteiger partial charge in [0.2, 0.25) is 0 Å². The van der Waals surface area contributed by atoms with E-state index in [2.05, 4.69) is 16.4 Å². The van der Waals surface area contributed by atoms with Crippen molar-refractivity contribution in [2.45, 2.75) is 6.61 Å². The molecule has 0 atom stereocenters. The zero-order valence-electron chi connectivity index (χ0n) is 13.8. The van der Waals surface area contributed by atoms with E-state index >= 15 is 0 Å². The molecule has 0 radical (unpaired) electrons. The van der Waals surface area contributed by atoms with E-state index in [1.807, 2.05) is 24.3 Å². The molecule has 0 saturated heterocycles. The summed E-state index contributed by atoms with van der Waals surface area (Å²) < 4.78 is 12.3. The molecule has 3 rings (SSSR count). The van der Waals surface area contributed by atoms with Crippen molar-refractivity contribution in [1.29, 1.82) is 5.26 Å². The van der Waals surface area contributed by atoms with Crippen LogP contribution < -0.4 is 9.47 Å². The highest BCUT2D eigenvalue weighted by Gasteiger charge is 2.12. The highest BCUT2D eigenvalue weighted by atomic mass is 16.5. The summed E-state index contributed by atoms with van der Waals surface area (Å²) >= 11 is 0. The van der Waals surface area contributed by atoms with Crippen molar-refractivity contribution in [2.75, 3.05) is 7.11 Å². The number of hydrogen-bond acceptors (Lipinski definition) is 6. The Balaban J connectivity index is 1.83. The predicted molar refractivity (Wildman–Crippen MR) is 90.4 cm³/mol. The molecule has 0 fully saturated rings. The van der Waals surface area contributed by atoms with Gasteiger partial charge in [-0.2, -0.15) is 5.26 Å². The van der Waals surface area contributed by atoms with Crippen LogP contribution in [-0.2, 0) is 6.61 Å². The number of methoxy groups -OCH3 is 1. The molecule has 0 bridgehead atoms. The standard InChI is InChI=1S/C18H14N4O4/c1-25-16-5-3-2-4-12(16)11-26-17-7-6-14(8-13(17)9-19)22-10-15(18(23)24)20-21-22/h2-8,10H,11H2,1H3,(H,23,24). The van der Waals surface area contributed by atoms with Crippen LogP contribution in [0, 0.1) is 11.3 Å². The van der Waals surface area contributed by atoms with Gasteiger partial charge in [-0.25, -0.2) is 9.48 Å². The molecular formula is C18H14N4O4. The van der Waals surface area contributed by atoms with E-state index in [1.165, 1.54) is 10.9 Å². The van der Waals surface area contributed by atoms with Gasteiger partial charge >= 0.3 is 5.97 Å². The number of carboxylic acid groups (broad SMARTS) is 1. The van der Waals surface area contributed by atoms with Crippen LogP contribution in [0.2, 0.25) is 0 Å². The summed E-state index contributed by atoms with van der Waals surface area (Å²) in [6.07, 6.45) is 1.27. The number of nitrogens with zero attached hydrogens (tertiary/aromatic N) is 4. The van der Waals surface area contributed by atoms with Crippen molar-refractivity contribution in [3.05, 3.63) is 65.5 Å². The number of hydrogen-bond donors (Lipinski definition) is 1. The Morgan fingerprint density at radius 3 is 2.77 bits per heavy atom. The summed E-state index contributed by atoms with van der Waals surface area (Å²) in [5.74, 6) is -0.0688. The van der Waals surface area contributed by atoms with Crippen LogP contribution in [0.3, 0.4) is 0 Å². The lowest BCUT2D eigenvalue weighted by Gasteiger charge is -2.11. The topological polar surface area (TPSA) is 110 Å². The summed E-state index contributed by atoms with van der Waals surface area (Å²) in [4.78, 5) is 10.9. The monoisotopic (exact) mass is 350 g/mol. The van der Waals surface area contributed by atoms with Gasteiger partial charge in [0.1, 0.15) is 24.2 Å². The van der Waals surface area contributed by atoms with Crippen molar-refractivity contribution in [1.82, 2.24) is 15.0 Å². The Hall–Kier alpha value is -3.86. The number of benzene rings is 2. The molecule has 0 spiro atoms. The minimum absolute atomic E-state index is 0.181. The zero-order chi connectivity index (χ0) is 18.5. The molecule has 0 saturated carbocycles. The first-order valence-corrected chi connectivity index (χ1v) is 7.57. The molecule has 26 heavy (non-hydrogen) atoms. The first-order chi connectivity index (χ1) is 12.6. The quantitative estimate of drug-likeness (QED) is 0.727. The lowest BCUT2D eigenvalue weighted by Crippen LogP contribution is -2.01. The Labute approximate surface area is 148 Å². The molecule has 8 heteroatoms. The summed E-state index contributed by atoms with van der Waals surface area (Å²) in [6.45, 7) is 0.241. The van der Waals surface area contributed by atoms with Crippen LogP contribution in [0.25, 0.3) is 5.69 Å². The van der Waals surface area contributed by atoms with Crippen LogP contribution in [0.5, 0.6) is 11.5 Å². The van der Waals surface area contributed by atoms with Gasteiger partial charge in [-0.3, -0.25) is 0 Å². The molecule has 0 aliphatic heterocycles. The molecule has 0 aliphatic rings. The number of nitriles is 1. The fourth-order valence-electron chi connectivity index (χ4n) is 2.34. The van der Waals surface area contributed by atoms with E-state index in [0.29, 0.717) is 22.7 Å². The lowest BCUT2D eigenvalue weighted by atomic mass is 10.2. The van der Waals surface area contributed by atoms with Crippen molar-refractivity contribution < 1.29 is 19.4 Å². The van der Waals surface area contributed by atoms with Gasteiger partial charge in [0.25, 0.3) is 0 Å². The molecule has 1 N–H and O–H groups in total. The Morgan fingerprint density at radius 2 is 2.08 bits per heavy atom. The molecule has 0 amide bonds. The third kappa shape index (κ3) is 3.47. The molecular weight excluding hydrogens is 336 g/mol. The highest BCUT2D eigenvalue weighted by Crippen LogP contribution is 2.24. The Kier molecular flexibility index (Phi) is 4.80. The summed E-state index contributed by atoms with van der Waals surface area (Å²) in [5, 5.41) is 25.6. The molecule has 1 heterocycles. The van der Waals surface area contributed by atoms with Crippen LogP contribution in [0.15, 0.2) is 48.7 Å². The average molecular weight is 350 g/mol. The molecule has 3 aromatic rings.